The molecule has 0 saturated heterocycles. The summed E-state index contributed by atoms with van der Waals surface area (Å²) in [6, 6.07) is 21.5. The molecule has 3 aromatic rings. The van der Waals surface area contributed by atoms with Gasteiger partial charge in [0.1, 0.15) is 0 Å². The Morgan fingerprint density at radius 1 is 0.967 bits per heavy atom. The quantitative estimate of drug-likeness (QED) is 0.580. The first-order valence-corrected chi connectivity index (χ1v) is 11.4. The SMILES string of the molecule is C[C@H]1CCc2c(cc(-c3ccccc3)n2-c2ccc(C(=O)NC3CCCC3)cc2)C1. The van der Waals surface area contributed by atoms with Gasteiger partial charge in [-0.05, 0) is 79.5 Å². The van der Waals surface area contributed by atoms with Crippen LogP contribution in [-0.2, 0) is 12.8 Å². The maximum atomic E-state index is 12.6. The van der Waals surface area contributed by atoms with E-state index in [1.54, 1.807) is 0 Å². The molecule has 154 valence electrons. The van der Waals surface area contributed by atoms with Crippen LogP contribution in [0.1, 0.15) is 60.6 Å². The van der Waals surface area contributed by atoms with E-state index in [0.717, 1.165) is 42.9 Å². The summed E-state index contributed by atoms with van der Waals surface area (Å²) in [4.78, 5) is 12.6. The summed E-state index contributed by atoms with van der Waals surface area (Å²) in [6.07, 6.45) is 8.15. The molecule has 1 N–H and O–H groups in total. The zero-order chi connectivity index (χ0) is 20.5. The molecule has 5 rings (SSSR count). The first kappa shape index (κ1) is 19.2. The van der Waals surface area contributed by atoms with Crippen LogP contribution in [0, 0.1) is 5.92 Å². The van der Waals surface area contributed by atoms with E-state index in [1.165, 1.54) is 41.8 Å². The lowest BCUT2D eigenvalue weighted by molar-refractivity contribution is 0.0938. The molecule has 1 saturated carbocycles. The van der Waals surface area contributed by atoms with E-state index in [-0.39, 0.29) is 5.91 Å². The van der Waals surface area contributed by atoms with E-state index in [2.05, 4.69) is 65.3 Å². The Morgan fingerprint density at radius 2 is 1.70 bits per heavy atom. The number of hydrogen-bond donors (Lipinski definition) is 1. The minimum atomic E-state index is 0.0556. The Balaban J connectivity index is 1.49. The zero-order valence-corrected chi connectivity index (χ0v) is 17.7. The largest absolute Gasteiger partial charge is 0.349 e. The van der Waals surface area contributed by atoms with Crippen LogP contribution in [0.2, 0.25) is 0 Å². The minimum absolute atomic E-state index is 0.0556. The topological polar surface area (TPSA) is 34.0 Å². The fourth-order valence-corrected chi connectivity index (χ4v) is 5.13. The second-order valence-electron chi connectivity index (χ2n) is 9.05. The highest BCUT2D eigenvalue weighted by Gasteiger charge is 2.23. The third-order valence-electron chi connectivity index (χ3n) is 6.78. The van der Waals surface area contributed by atoms with Gasteiger partial charge in [-0.1, -0.05) is 50.1 Å². The normalized spacial score (nSPS) is 18.9. The van der Waals surface area contributed by atoms with Crippen molar-refractivity contribution in [3.05, 3.63) is 77.5 Å². The van der Waals surface area contributed by atoms with Gasteiger partial charge in [-0.3, -0.25) is 4.79 Å². The first-order chi connectivity index (χ1) is 14.7. The molecule has 1 fully saturated rings. The van der Waals surface area contributed by atoms with Crippen molar-refractivity contribution in [2.75, 3.05) is 0 Å². The summed E-state index contributed by atoms with van der Waals surface area (Å²) in [7, 11) is 0. The van der Waals surface area contributed by atoms with Crippen LogP contribution in [0.15, 0.2) is 60.7 Å². The van der Waals surface area contributed by atoms with Gasteiger partial charge in [-0.15, -0.1) is 0 Å². The van der Waals surface area contributed by atoms with Crippen LogP contribution in [0.4, 0.5) is 0 Å². The predicted molar refractivity (Wildman–Crippen MR) is 122 cm³/mol. The van der Waals surface area contributed by atoms with Crippen molar-refractivity contribution < 1.29 is 4.79 Å². The molecule has 2 aliphatic carbocycles. The molecule has 1 heterocycles. The van der Waals surface area contributed by atoms with E-state index in [1.807, 2.05) is 12.1 Å². The van der Waals surface area contributed by atoms with Crippen LogP contribution in [-0.4, -0.2) is 16.5 Å². The monoisotopic (exact) mass is 398 g/mol. The Hall–Kier alpha value is -2.81. The van der Waals surface area contributed by atoms with Gasteiger partial charge in [0, 0.05) is 23.0 Å². The van der Waals surface area contributed by atoms with Crippen LogP contribution < -0.4 is 5.32 Å². The molecule has 0 unspecified atom stereocenters. The van der Waals surface area contributed by atoms with E-state index in [9.17, 15) is 4.79 Å². The molecule has 0 bridgehead atoms. The predicted octanol–water partition coefficient (Wildman–Crippen LogP) is 5.94. The second kappa shape index (κ2) is 8.14. The number of nitrogens with zero attached hydrogens (tertiary/aromatic N) is 1. The number of amides is 1. The lowest BCUT2D eigenvalue weighted by Crippen LogP contribution is -2.32. The highest BCUT2D eigenvalue weighted by atomic mass is 16.1. The average molecular weight is 399 g/mol. The highest BCUT2D eigenvalue weighted by Crippen LogP contribution is 2.35. The summed E-state index contributed by atoms with van der Waals surface area (Å²) >= 11 is 0. The number of carbonyl (C=O) groups is 1. The second-order valence-corrected chi connectivity index (χ2v) is 9.05. The summed E-state index contributed by atoms with van der Waals surface area (Å²) in [5, 5.41) is 3.20. The fraction of sp³-hybridized carbons (Fsp3) is 0.370. The van der Waals surface area contributed by atoms with Gasteiger partial charge in [0.2, 0.25) is 0 Å². The van der Waals surface area contributed by atoms with Crippen molar-refractivity contribution >= 4 is 5.91 Å². The lowest BCUT2D eigenvalue weighted by atomic mass is 9.89. The number of fused-ring (bicyclic) bond motifs is 1. The molecular weight excluding hydrogens is 368 g/mol. The van der Waals surface area contributed by atoms with Gasteiger partial charge < -0.3 is 9.88 Å². The van der Waals surface area contributed by atoms with Gasteiger partial charge in [0.15, 0.2) is 0 Å². The Morgan fingerprint density at radius 3 is 2.43 bits per heavy atom. The summed E-state index contributed by atoms with van der Waals surface area (Å²) in [6.45, 7) is 2.35. The van der Waals surface area contributed by atoms with Crippen molar-refractivity contribution in [1.82, 2.24) is 9.88 Å². The number of nitrogens with one attached hydrogen (secondary N) is 1. The Bertz CT molecular complexity index is 1030. The van der Waals surface area contributed by atoms with Gasteiger partial charge in [0.05, 0.1) is 5.69 Å². The molecule has 30 heavy (non-hydrogen) atoms. The molecule has 0 aliphatic heterocycles. The van der Waals surface area contributed by atoms with Crippen molar-refractivity contribution in [2.45, 2.75) is 57.9 Å². The Labute approximate surface area is 179 Å². The maximum absolute atomic E-state index is 12.6. The number of carbonyl (C=O) groups excluding carboxylic acids is 1. The third kappa shape index (κ3) is 3.69. The van der Waals surface area contributed by atoms with Crippen molar-refractivity contribution in [1.29, 1.82) is 0 Å². The molecular formula is C27H30N2O. The van der Waals surface area contributed by atoms with Crippen LogP contribution in [0.3, 0.4) is 0 Å². The lowest BCUT2D eigenvalue weighted by Gasteiger charge is -2.21. The van der Waals surface area contributed by atoms with Gasteiger partial charge in [0.25, 0.3) is 5.91 Å². The van der Waals surface area contributed by atoms with Crippen LogP contribution >= 0.6 is 0 Å². The molecule has 0 radical (unpaired) electrons. The third-order valence-corrected chi connectivity index (χ3v) is 6.78. The van der Waals surface area contributed by atoms with Crippen molar-refractivity contribution in [3.63, 3.8) is 0 Å². The molecule has 0 spiro atoms. The molecule has 3 nitrogen and oxygen atoms in total. The molecule has 3 heteroatoms. The van der Waals surface area contributed by atoms with E-state index in [4.69, 9.17) is 0 Å². The van der Waals surface area contributed by atoms with Gasteiger partial charge in [-0.25, -0.2) is 0 Å². The van der Waals surface area contributed by atoms with E-state index >= 15 is 0 Å². The summed E-state index contributed by atoms with van der Waals surface area (Å²) < 4.78 is 2.41. The smallest absolute Gasteiger partial charge is 0.251 e. The number of aromatic nitrogens is 1. The molecule has 1 amide bonds. The summed E-state index contributed by atoms with van der Waals surface area (Å²) in [5.41, 5.74) is 7.27. The van der Waals surface area contributed by atoms with E-state index in [0.29, 0.717) is 6.04 Å². The molecule has 2 aliphatic rings. The fourth-order valence-electron chi connectivity index (χ4n) is 5.13. The average Bonchev–Trinajstić information content (AvgIpc) is 3.42. The van der Waals surface area contributed by atoms with Crippen molar-refractivity contribution in [2.24, 2.45) is 5.92 Å². The number of hydrogen-bond acceptors (Lipinski definition) is 1. The first-order valence-electron chi connectivity index (χ1n) is 11.4. The summed E-state index contributed by atoms with van der Waals surface area (Å²) in [5.74, 6) is 0.790. The molecule has 1 aromatic heterocycles. The minimum Gasteiger partial charge on any atom is -0.349 e. The molecule has 1 atom stereocenters. The van der Waals surface area contributed by atoms with Crippen LogP contribution in [0.5, 0.6) is 0 Å². The molecule has 2 aromatic carbocycles. The van der Waals surface area contributed by atoms with Gasteiger partial charge >= 0.3 is 0 Å². The van der Waals surface area contributed by atoms with Crippen LogP contribution in [0.25, 0.3) is 16.9 Å². The van der Waals surface area contributed by atoms with E-state index < -0.39 is 0 Å². The number of rotatable bonds is 4. The maximum Gasteiger partial charge on any atom is 0.251 e. The van der Waals surface area contributed by atoms with Gasteiger partial charge in [-0.2, -0.15) is 0 Å². The number of benzene rings is 2. The zero-order valence-electron chi connectivity index (χ0n) is 17.7. The highest BCUT2D eigenvalue weighted by molar-refractivity contribution is 5.94. The standard InChI is InChI=1S/C27H30N2O/c1-19-11-16-25-22(17-19)18-26(20-7-3-2-4-8-20)29(25)24-14-12-21(13-15-24)27(30)28-23-9-5-6-10-23/h2-4,7-8,12-15,18-19,23H,5-6,9-11,16-17H2,1H3,(H,28,30)/t19-/m0/s1. The van der Waals surface area contributed by atoms with Crippen molar-refractivity contribution in [3.8, 4) is 16.9 Å². The Kier molecular flexibility index (Phi) is 5.20.